The van der Waals surface area contributed by atoms with Crippen LogP contribution in [0.1, 0.15) is 26.7 Å². The summed E-state index contributed by atoms with van der Waals surface area (Å²) < 4.78 is 0. The van der Waals surface area contributed by atoms with Gasteiger partial charge in [0.1, 0.15) is 0 Å². The summed E-state index contributed by atoms with van der Waals surface area (Å²) in [6, 6.07) is 0. The minimum atomic E-state index is -0.180. The van der Waals surface area contributed by atoms with Gasteiger partial charge in [-0.2, -0.15) is 0 Å². The first-order chi connectivity index (χ1) is 4.56. The van der Waals surface area contributed by atoms with E-state index < -0.39 is 0 Å². The molecular formula is C9H14O. The van der Waals surface area contributed by atoms with Crippen molar-refractivity contribution in [2.75, 3.05) is 0 Å². The average Bonchev–Trinajstić information content (AvgIpc) is 2.33. The predicted octanol–water partition coefficient (Wildman–Crippen LogP) is 1.72. The van der Waals surface area contributed by atoms with Crippen LogP contribution < -0.4 is 0 Å². The minimum Gasteiger partial charge on any atom is -0.389 e. The molecule has 1 fully saturated rings. The van der Waals surface area contributed by atoms with Crippen molar-refractivity contribution in [1.29, 1.82) is 0 Å². The zero-order valence-electron chi connectivity index (χ0n) is 6.59. The van der Waals surface area contributed by atoms with E-state index in [0.29, 0.717) is 10.8 Å². The Bertz CT molecular complexity index is 197. The van der Waals surface area contributed by atoms with Crippen molar-refractivity contribution in [1.82, 2.24) is 0 Å². The van der Waals surface area contributed by atoms with Gasteiger partial charge < -0.3 is 5.11 Å². The molecular weight excluding hydrogens is 124 g/mol. The van der Waals surface area contributed by atoms with Crippen molar-refractivity contribution in [3.05, 3.63) is 12.2 Å². The summed E-state index contributed by atoms with van der Waals surface area (Å²) in [4.78, 5) is 0. The summed E-state index contributed by atoms with van der Waals surface area (Å²) in [5, 5.41) is 9.30. The highest BCUT2D eigenvalue weighted by Crippen LogP contribution is 2.68. The summed E-state index contributed by atoms with van der Waals surface area (Å²) in [5.41, 5.74) is 0.841. The highest BCUT2D eigenvalue weighted by molar-refractivity contribution is 5.24. The Balaban J connectivity index is 2.27. The van der Waals surface area contributed by atoms with Crippen LogP contribution in [0.25, 0.3) is 0 Å². The number of rotatable bonds is 0. The molecule has 0 aromatic rings. The van der Waals surface area contributed by atoms with Gasteiger partial charge in [-0.25, -0.2) is 0 Å². The van der Waals surface area contributed by atoms with Crippen LogP contribution in [0.3, 0.4) is 0 Å². The number of hydrogen-bond donors (Lipinski definition) is 1. The van der Waals surface area contributed by atoms with E-state index >= 15 is 0 Å². The molecule has 1 N–H and O–H groups in total. The molecule has 0 unspecified atom stereocenters. The van der Waals surface area contributed by atoms with E-state index in [-0.39, 0.29) is 6.10 Å². The first-order valence-electron chi connectivity index (χ1n) is 3.93. The molecule has 2 aliphatic rings. The number of hydrogen-bond acceptors (Lipinski definition) is 1. The Morgan fingerprint density at radius 3 is 2.70 bits per heavy atom. The molecule has 0 saturated heterocycles. The third-order valence-corrected chi connectivity index (χ3v) is 3.36. The summed E-state index contributed by atoms with van der Waals surface area (Å²) in [6.07, 6.45) is 6.16. The lowest BCUT2D eigenvalue weighted by Gasteiger charge is -2.22. The molecule has 0 amide bonds. The summed E-state index contributed by atoms with van der Waals surface area (Å²) in [6.45, 7) is 4.54. The number of allylic oxidation sites excluding steroid dienone is 1. The number of aliphatic hydroxyl groups excluding tert-OH is 1. The fourth-order valence-corrected chi connectivity index (χ4v) is 2.18. The second kappa shape index (κ2) is 1.48. The fraction of sp³-hybridized carbons (Fsp3) is 0.778. The van der Waals surface area contributed by atoms with Crippen LogP contribution in [0.5, 0.6) is 0 Å². The van der Waals surface area contributed by atoms with Crippen LogP contribution in [0.15, 0.2) is 12.2 Å². The Hall–Kier alpha value is -0.300. The van der Waals surface area contributed by atoms with Gasteiger partial charge in [0.15, 0.2) is 0 Å². The molecule has 0 bridgehead atoms. The minimum absolute atomic E-state index is 0.180. The van der Waals surface area contributed by atoms with Gasteiger partial charge >= 0.3 is 0 Å². The molecule has 0 aromatic carbocycles. The van der Waals surface area contributed by atoms with Crippen molar-refractivity contribution in [2.45, 2.75) is 32.8 Å². The van der Waals surface area contributed by atoms with Crippen LogP contribution >= 0.6 is 0 Å². The monoisotopic (exact) mass is 138 g/mol. The zero-order chi connectivity index (χ0) is 7.41. The quantitative estimate of drug-likeness (QED) is 0.505. The molecule has 56 valence electrons. The van der Waals surface area contributed by atoms with Crippen LogP contribution in [0.4, 0.5) is 0 Å². The van der Waals surface area contributed by atoms with Crippen LogP contribution in [0, 0.1) is 10.8 Å². The van der Waals surface area contributed by atoms with Gasteiger partial charge in [-0.05, 0) is 23.7 Å². The van der Waals surface area contributed by atoms with Gasteiger partial charge in [-0.3, -0.25) is 0 Å². The summed E-state index contributed by atoms with van der Waals surface area (Å²) in [5.74, 6) is 0. The molecule has 1 nitrogen and oxygen atoms in total. The van der Waals surface area contributed by atoms with Crippen LogP contribution in [0.2, 0.25) is 0 Å². The molecule has 1 heteroatoms. The Morgan fingerprint density at radius 2 is 2.20 bits per heavy atom. The lowest BCUT2D eigenvalue weighted by Crippen LogP contribution is -2.18. The van der Waals surface area contributed by atoms with Crippen LogP contribution in [-0.2, 0) is 0 Å². The van der Waals surface area contributed by atoms with Gasteiger partial charge in [-0.15, -0.1) is 0 Å². The summed E-state index contributed by atoms with van der Waals surface area (Å²) >= 11 is 0. The highest BCUT2D eigenvalue weighted by Gasteiger charge is 2.60. The lowest BCUT2D eigenvalue weighted by molar-refractivity contribution is 0.164. The maximum Gasteiger partial charge on any atom is 0.0726 e. The Labute approximate surface area is 61.8 Å². The van der Waals surface area contributed by atoms with Crippen molar-refractivity contribution < 1.29 is 5.11 Å². The fourth-order valence-electron chi connectivity index (χ4n) is 2.18. The standard InChI is InChI=1S/C9H14O/c1-8-4-3-7(10)5-9(8,2)6-8/h3-4,7,10H,5-6H2,1-2H3/t7-,8-,9+/m1/s1. The van der Waals surface area contributed by atoms with E-state index in [1.54, 1.807) is 0 Å². The molecule has 2 aliphatic carbocycles. The van der Waals surface area contributed by atoms with E-state index in [0.717, 1.165) is 6.42 Å². The van der Waals surface area contributed by atoms with E-state index in [4.69, 9.17) is 0 Å². The van der Waals surface area contributed by atoms with Crippen molar-refractivity contribution >= 4 is 0 Å². The second-order valence-electron chi connectivity index (χ2n) is 4.29. The first-order valence-corrected chi connectivity index (χ1v) is 3.93. The van der Waals surface area contributed by atoms with E-state index in [1.165, 1.54) is 6.42 Å². The Morgan fingerprint density at radius 1 is 1.50 bits per heavy atom. The van der Waals surface area contributed by atoms with Gasteiger partial charge in [0, 0.05) is 0 Å². The molecule has 0 radical (unpaired) electrons. The molecule has 0 aromatic heterocycles. The second-order valence-corrected chi connectivity index (χ2v) is 4.29. The molecule has 0 spiro atoms. The van der Waals surface area contributed by atoms with Gasteiger partial charge in [-0.1, -0.05) is 26.0 Å². The van der Waals surface area contributed by atoms with Gasteiger partial charge in [0.05, 0.1) is 6.10 Å². The molecule has 3 atom stereocenters. The molecule has 0 aliphatic heterocycles. The molecule has 0 heterocycles. The third-order valence-electron chi connectivity index (χ3n) is 3.36. The van der Waals surface area contributed by atoms with Gasteiger partial charge in [0.2, 0.25) is 0 Å². The maximum atomic E-state index is 9.30. The van der Waals surface area contributed by atoms with E-state index in [2.05, 4.69) is 19.9 Å². The van der Waals surface area contributed by atoms with E-state index in [1.807, 2.05) is 6.08 Å². The SMILES string of the molecule is C[C@@]12C[C@H](O)C=C[C@]1(C)C2. The van der Waals surface area contributed by atoms with Crippen molar-refractivity contribution in [3.8, 4) is 0 Å². The number of fused-ring (bicyclic) bond motifs is 1. The summed E-state index contributed by atoms with van der Waals surface area (Å²) in [7, 11) is 0. The smallest absolute Gasteiger partial charge is 0.0726 e. The van der Waals surface area contributed by atoms with Crippen LogP contribution in [-0.4, -0.2) is 11.2 Å². The lowest BCUT2D eigenvalue weighted by atomic mass is 9.86. The third kappa shape index (κ3) is 0.615. The largest absolute Gasteiger partial charge is 0.389 e. The van der Waals surface area contributed by atoms with Crippen molar-refractivity contribution in [3.63, 3.8) is 0 Å². The number of aliphatic hydroxyl groups is 1. The molecule has 2 rings (SSSR count). The molecule has 1 saturated carbocycles. The Kier molecular flexibility index (Phi) is 0.946. The predicted molar refractivity (Wildman–Crippen MR) is 40.6 cm³/mol. The average molecular weight is 138 g/mol. The van der Waals surface area contributed by atoms with E-state index in [9.17, 15) is 5.11 Å². The molecule has 10 heavy (non-hydrogen) atoms. The normalized spacial score (nSPS) is 58.1. The van der Waals surface area contributed by atoms with Gasteiger partial charge in [0.25, 0.3) is 0 Å². The van der Waals surface area contributed by atoms with Crippen molar-refractivity contribution in [2.24, 2.45) is 10.8 Å². The topological polar surface area (TPSA) is 20.2 Å². The zero-order valence-corrected chi connectivity index (χ0v) is 6.59. The maximum absolute atomic E-state index is 9.30. The highest BCUT2D eigenvalue weighted by atomic mass is 16.3. The first kappa shape index (κ1) is 6.41.